The molecule has 1 atom stereocenters. The summed E-state index contributed by atoms with van der Waals surface area (Å²) in [6, 6.07) is 12.5. The normalized spacial score (nSPS) is 11.2. The van der Waals surface area contributed by atoms with Gasteiger partial charge >= 0.3 is 19.1 Å². The van der Waals surface area contributed by atoms with Crippen LogP contribution in [0, 0.1) is 0 Å². The first-order valence-corrected chi connectivity index (χ1v) is 9.58. The first-order valence-electron chi connectivity index (χ1n) is 9.58. The van der Waals surface area contributed by atoms with Crippen LogP contribution in [0.1, 0.15) is 28.8 Å². The minimum atomic E-state index is -1.50. The van der Waals surface area contributed by atoms with Crippen molar-refractivity contribution >= 4 is 36.1 Å². The predicted octanol–water partition coefficient (Wildman–Crippen LogP) is 0.203. The Bertz CT molecular complexity index is 886. The second kappa shape index (κ2) is 11.7. The number of carbonyl (C=O) groups is 3. The molecule has 0 aromatic heterocycles. The molecule has 31 heavy (non-hydrogen) atoms. The molecule has 2 aromatic carbocycles. The highest BCUT2D eigenvalue weighted by molar-refractivity contribution is 6.58. The van der Waals surface area contributed by atoms with Gasteiger partial charge in [-0.3, -0.25) is 9.59 Å². The SMILES string of the molecule is COC(=O)CC[C@H](NC(=O)c1ccc(NCc2ccc(B(O)O)cc2)cc1)C(=O)OC. The summed E-state index contributed by atoms with van der Waals surface area (Å²) in [7, 11) is 0.956. The van der Waals surface area contributed by atoms with Crippen LogP contribution in [-0.2, 0) is 25.6 Å². The van der Waals surface area contributed by atoms with Gasteiger partial charge in [0.15, 0.2) is 0 Å². The topological polar surface area (TPSA) is 134 Å². The Morgan fingerprint density at radius 1 is 0.968 bits per heavy atom. The quantitative estimate of drug-likeness (QED) is 0.312. The van der Waals surface area contributed by atoms with Crippen molar-refractivity contribution in [1.29, 1.82) is 0 Å². The fourth-order valence-electron chi connectivity index (χ4n) is 2.75. The van der Waals surface area contributed by atoms with Gasteiger partial charge in [-0.1, -0.05) is 24.3 Å². The van der Waals surface area contributed by atoms with E-state index >= 15 is 0 Å². The molecule has 0 fully saturated rings. The molecule has 2 aromatic rings. The third-order valence-corrected chi connectivity index (χ3v) is 4.58. The number of ether oxygens (including phenoxy) is 2. The van der Waals surface area contributed by atoms with Gasteiger partial charge in [0.05, 0.1) is 14.2 Å². The lowest BCUT2D eigenvalue weighted by Gasteiger charge is -2.16. The number of rotatable bonds is 10. The molecule has 0 radical (unpaired) electrons. The third-order valence-electron chi connectivity index (χ3n) is 4.58. The number of hydrogen-bond donors (Lipinski definition) is 4. The fraction of sp³-hybridized carbons (Fsp3) is 0.286. The van der Waals surface area contributed by atoms with Crippen molar-refractivity contribution in [2.45, 2.75) is 25.4 Å². The Morgan fingerprint density at radius 3 is 2.16 bits per heavy atom. The molecular formula is C21H25BN2O7. The van der Waals surface area contributed by atoms with Crippen LogP contribution in [-0.4, -0.2) is 55.3 Å². The zero-order valence-electron chi connectivity index (χ0n) is 17.3. The van der Waals surface area contributed by atoms with Gasteiger partial charge in [0.1, 0.15) is 6.04 Å². The van der Waals surface area contributed by atoms with Crippen molar-refractivity contribution in [1.82, 2.24) is 5.32 Å². The van der Waals surface area contributed by atoms with E-state index in [1.165, 1.54) is 14.2 Å². The largest absolute Gasteiger partial charge is 0.488 e. The highest BCUT2D eigenvalue weighted by atomic mass is 16.5. The van der Waals surface area contributed by atoms with Crippen molar-refractivity contribution in [3.63, 3.8) is 0 Å². The van der Waals surface area contributed by atoms with Gasteiger partial charge in [-0.25, -0.2) is 4.79 Å². The first-order chi connectivity index (χ1) is 14.8. The molecule has 0 unspecified atom stereocenters. The van der Waals surface area contributed by atoms with Crippen molar-refractivity contribution in [3.8, 4) is 0 Å². The first kappa shape index (κ1) is 23.9. The third kappa shape index (κ3) is 7.43. The molecule has 0 spiro atoms. The van der Waals surface area contributed by atoms with Gasteiger partial charge in [0, 0.05) is 24.2 Å². The van der Waals surface area contributed by atoms with Gasteiger partial charge in [-0.15, -0.1) is 0 Å². The summed E-state index contributed by atoms with van der Waals surface area (Å²) in [5, 5.41) is 24.0. The van der Waals surface area contributed by atoms with E-state index in [1.54, 1.807) is 48.5 Å². The van der Waals surface area contributed by atoms with E-state index in [9.17, 15) is 14.4 Å². The van der Waals surface area contributed by atoms with Crippen LogP contribution < -0.4 is 16.1 Å². The molecule has 0 aliphatic heterocycles. The van der Waals surface area contributed by atoms with Gasteiger partial charge in [-0.2, -0.15) is 0 Å². The van der Waals surface area contributed by atoms with Crippen LogP contribution in [0.25, 0.3) is 0 Å². The highest BCUT2D eigenvalue weighted by Gasteiger charge is 2.23. The number of carbonyl (C=O) groups excluding carboxylic acids is 3. The zero-order valence-corrected chi connectivity index (χ0v) is 17.3. The summed E-state index contributed by atoms with van der Waals surface area (Å²) < 4.78 is 9.24. The molecule has 4 N–H and O–H groups in total. The van der Waals surface area contributed by atoms with Crippen LogP contribution in [0.3, 0.4) is 0 Å². The molecule has 0 saturated heterocycles. The Balaban J connectivity index is 1.93. The number of amides is 1. The minimum Gasteiger partial charge on any atom is -0.469 e. The summed E-state index contributed by atoms with van der Waals surface area (Å²) in [5.41, 5.74) is 2.48. The molecular weight excluding hydrogens is 403 g/mol. The van der Waals surface area contributed by atoms with Crippen LogP contribution >= 0.6 is 0 Å². The second-order valence-corrected chi connectivity index (χ2v) is 6.71. The second-order valence-electron chi connectivity index (χ2n) is 6.71. The summed E-state index contributed by atoms with van der Waals surface area (Å²) in [4.78, 5) is 35.7. The number of hydrogen-bond acceptors (Lipinski definition) is 8. The minimum absolute atomic E-state index is 0.0301. The Kier molecular flexibility index (Phi) is 9.04. The van der Waals surface area contributed by atoms with Gasteiger partial charge < -0.3 is 30.2 Å². The van der Waals surface area contributed by atoms with Gasteiger partial charge in [0.25, 0.3) is 5.91 Å². The standard InChI is InChI=1S/C21H25BN2O7/c1-30-19(25)12-11-18(21(27)31-2)24-20(26)15-5-9-17(10-6-15)23-13-14-3-7-16(8-4-14)22(28)29/h3-10,18,23,28-29H,11-13H2,1-2H3,(H,24,26)/t18-/m0/s1. The van der Waals surface area contributed by atoms with Crippen LogP contribution in [0.15, 0.2) is 48.5 Å². The van der Waals surface area contributed by atoms with E-state index in [1.807, 2.05) is 0 Å². The predicted molar refractivity (Wildman–Crippen MR) is 115 cm³/mol. The molecule has 9 nitrogen and oxygen atoms in total. The molecule has 0 aliphatic carbocycles. The average Bonchev–Trinajstić information content (AvgIpc) is 2.79. The maximum atomic E-state index is 12.5. The number of nitrogens with one attached hydrogen (secondary N) is 2. The van der Waals surface area contributed by atoms with E-state index in [0.717, 1.165) is 11.3 Å². The lowest BCUT2D eigenvalue weighted by atomic mass is 9.80. The molecule has 1 amide bonds. The lowest BCUT2D eigenvalue weighted by molar-refractivity contribution is -0.144. The monoisotopic (exact) mass is 428 g/mol. The molecule has 0 aliphatic rings. The van der Waals surface area contributed by atoms with E-state index in [-0.39, 0.29) is 12.8 Å². The van der Waals surface area contributed by atoms with Crippen molar-refractivity contribution in [3.05, 3.63) is 59.7 Å². The van der Waals surface area contributed by atoms with Gasteiger partial charge in [-0.05, 0) is 41.7 Å². The molecule has 10 heteroatoms. The van der Waals surface area contributed by atoms with E-state index < -0.39 is 31.0 Å². The summed E-state index contributed by atoms with van der Waals surface area (Å²) in [6.45, 7) is 0.505. The van der Waals surface area contributed by atoms with Gasteiger partial charge in [0.2, 0.25) is 0 Å². The van der Waals surface area contributed by atoms with Crippen molar-refractivity contribution in [2.75, 3.05) is 19.5 Å². The van der Waals surface area contributed by atoms with E-state index in [4.69, 9.17) is 10.0 Å². The summed E-state index contributed by atoms with van der Waals surface area (Å²) in [5.74, 6) is -1.60. The molecule has 2 rings (SSSR count). The zero-order chi connectivity index (χ0) is 22.8. The smallest absolute Gasteiger partial charge is 0.469 e. The Labute approximate surface area is 180 Å². The number of esters is 2. The fourth-order valence-corrected chi connectivity index (χ4v) is 2.75. The maximum Gasteiger partial charge on any atom is 0.488 e. The highest BCUT2D eigenvalue weighted by Crippen LogP contribution is 2.12. The molecule has 0 saturated carbocycles. The van der Waals surface area contributed by atoms with Crippen molar-refractivity contribution < 1.29 is 33.9 Å². The van der Waals surface area contributed by atoms with Crippen LogP contribution in [0.2, 0.25) is 0 Å². The maximum absolute atomic E-state index is 12.5. The number of benzene rings is 2. The molecule has 0 bridgehead atoms. The average molecular weight is 428 g/mol. The Hall–Kier alpha value is -3.37. The summed E-state index contributed by atoms with van der Waals surface area (Å²) in [6.07, 6.45) is 0.0362. The Morgan fingerprint density at radius 2 is 1.61 bits per heavy atom. The molecule has 0 heterocycles. The molecule has 164 valence electrons. The number of methoxy groups -OCH3 is 2. The lowest BCUT2D eigenvalue weighted by Crippen LogP contribution is -2.41. The van der Waals surface area contributed by atoms with Crippen LogP contribution in [0.4, 0.5) is 5.69 Å². The van der Waals surface area contributed by atoms with E-state index in [0.29, 0.717) is 17.6 Å². The van der Waals surface area contributed by atoms with E-state index in [2.05, 4.69) is 20.1 Å². The summed E-state index contributed by atoms with van der Waals surface area (Å²) >= 11 is 0. The van der Waals surface area contributed by atoms with Crippen molar-refractivity contribution in [2.24, 2.45) is 0 Å². The van der Waals surface area contributed by atoms with Crippen LogP contribution in [0.5, 0.6) is 0 Å². The number of anilines is 1.